The van der Waals surface area contributed by atoms with E-state index in [2.05, 4.69) is 10.9 Å². The zero-order chi connectivity index (χ0) is 22.5. The summed E-state index contributed by atoms with van der Waals surface area (Å²) in [5, 5.41) is 0. The van der Waals surface area contributed by atoms with Crippen LogP contribution in [-0.2, 0) is 25.5 Å². The maximum Gasteiger partial charge on any atom is 0.305 e. The van der Waals surface area contributed by atoms with Crippen molar-refractivity contribution in [2.45, 2.75) is 46.0 Å². The minimum Gasteiger partial charge on any atom is -0.484 e. The van der Waals surface area contributed by atoms with Gasteiger partial charge in [0.2, 0.25) is 5.91 Å². The highest BCUT2D eigenvalue weighted by Gasteiger charge is 2.08. The molecular weight excluding hydrogens is 396 g/mol. The Kier molecular flexibility index (Phi) is 10.1. The van der Waals surface area contributed by atoms with Crippen molar-refractivity contribution in [3.63, 3.8) is 0 Å². The molecule has 2 aromatic carbocycles. The van der Waals surface area contributed by atoms with Gasteiger partial charge in [0.1, 0.15) is 5.75 Å². The van der Waals surface area contributed by atoms with Gasteiger partial charge in [-0.1, -0.05) is 36.4 Å². The van der Waals surface area contributed by atoms with Crippen LogP contribution in [0.5, 0.6) is 5.75 Å². The maximum absolute atomic E-state index is 11.8. The molecule has 166 valence electrons. The zero-order valence-corrected chi connectivity index (χ0v) is 18.1. The molecule has 0 unspecified atom stereocenters. The average molecular weight is 427 g/mol. The fourth-order valence-electron chi connectivity index (χ4n) is 2.98. The summed E-state index contributed by atoms with van der Waals surface area (Å²) < 4.78 is 10.6. The van der Waals surface area contributed by atoms with Crippen LogP contribution in [0.2, 0.25) is 0 Å². The zero-order valence-electron chi connectivity index (χ0n) is 18.1. The van der Waals surface area contributed by atoms with Gasteiger partial charge in [0, 0.05) is 12.8 Å². The summed E-state index contributed by atoms with van der Waals surface area (Å²) in [5.41, 5.74) is 7.90. The van der Waals surface area contributed by atoms with Gasteiger partial charge in [-0.3, -0.25) is 25.2 Å². The van der Waals surface area contributed by atoms with Crippen molar-refractivity contribution < 1.29 is 23.9 Å². The van der Waals surface area contributed by atoms with Gasteiger partial charge in [0.15, 0.2) is 6.61 Å². The molecule has 0 bridgehead atoms. The molecule has 0 atom stereocenters. The van der Waals surface area contributed by atoms with Crippen molar-refractivity contribution in [3.8, 4) is 5.75 Å². The van der Waals surface area contributed by atoms with E-state index in [-0.39, 0.29) is 31.3 Å². The molecule has 2 amide bonds. The van der Waals surface area contributed by atoms with Crippen LogP contribution >= 0.6 is 0 Å². The van der Waals surface area contributed by atoms with Crippen molar-refractivity contribution in [2.24, 2.45) is 0 Å². The van der Waals surface area contributed by atoms with Crippen LogP contribution in [0.4, 0.5) is 0 Å². The number of hydrogen-bond donors (Lipinski definition) is 2. The Bertz CT molecular complexity index is 847. The lowest BCUT2D eigenvalue weighted by atomic mass is 10.1. The Morgan fingerprint density at radius 3 is 2.23 bits per heavy atom. The Morgan fingerprint density at radius 1 is 0.839 bits per heavy atom. The Morgan fingerprint density at radius 2 is 1.52 bits per heavy atom. The van der Waals surface area contributed by atoms with Crippen molar-refractivity contribution in [2.75, 3.05) is 13.2 Å². The molecule has 0 radical (unpaired) electrons. The summed E-state index contributed by atoms with van der Waals surface area (Å²) in [6.45, 7) is 4.04. The number of carbonyl (C=O) groups excluding carboxylic acids is 3. The minimum atomic E-state index is -0.467. The SMILES string of the molecule is Cc1cc(C)cc(OCC(=O)NNC(=O)CCCC(=O)OCCCc2ccccc2)c1. The molecule has 0 aliphatic rings. The van der Waals surface area contributed by atoms with Crippen molar-refractivity contribution >= 4 is 17.8 Å². The number of benzene rings is 2. The smallest absolute Gasteiger partial charge is 0.305 e. The molecule has 31 heavy (non-hydrogen) atoms. The summed E-state index contributed by atoms with van der Waals surface area (Å²) in [6.07, 6.45) is 2.22. The topological polar surface area (TPSA) is 93.7 Å². The molecule has 2 aromatic rings. The molecule has 0 spiro atoms. The second kappa shape index (κ2) is 13.1. The first-order chi connectivity index (χ1) is 14.9. The van der Waals surface area contributed by atoms with Gasteiger partial charge in [-0.2, -0.15) is 0 Å². The summed E-state index contributed by atoms with van der Waals surface area (Å²) in [5.74, 6) is -0.574. The fraction of sp³-hybridized carbons (Fsp3) is 0.375. The quantitative estimate of drug-likeness (QED) is 0.327. The first kappa shape index (κ1) is 23.9. The van der Waals surface area contributed by atoms with Crippen LogP contribution in [0.3, 0.4) is 0 Å². The molecule has 0 saturated carbocycles. The number of hydrogen-bond acceptors (Lipinski definition) is 5. The summed E-state index contributed by atoms with van der Waals surface area (Å²) in [4.78, 5) is 35.3. The molecular formula is C24H30N2O5. The number of aryl methyl sites for hydroxylation is 3. The minimum absolute atomic E-state index is 0.108. The van der Waals surface area contributed by atoms with Crippen molar-refractivity contribution in [1.29, 1.82) is 0 Å². The number of carbonyl (C=O) groups is 3. The molecule has 7 nitrogen and oxygen atoms in total. The van der Waals surface area contributed by atoms with E-state index in [4.69, 9.17) is 9.47 Å². The molecule has 0 saturated heterocycles. The normalized spacial score (nSPS) is 10.3. The summed E-state index contributed by atoms with van der Waals surface area (Å²) in [6, 6.07) is 15.7. The van der Waals surface area contributed by atoms with Crippen LogP contribution in [0.25, 0.3) is 0 Å². The van der Waals surface area contributed by atoms with E-state index < -0.39 is 5.91 Å². The number of nitrogens with one attached hydrogen (secondary N) is 2. The number of esters is 1. The van der Waals surface area contributed by atoms with Crippen LogP contribution in [0.15, 0.2) is 48.5 Å². The number of ether oxygens (including phenoxy) is 2. The van der Waals surface area contributed by atoms with E-state index in [9.17, 15) is 14.4 Å². The van der Waals surface area contributed by atoms with Crippen molar-refractivity contribution in [3.05, 3.63) is 65.2 Å². The molecule has 2 N–H and O–H groups in total. The Hall–Kier alpha value is -3.35. The van der Waals surface area contributed by atoms with Gasteiger partial charge in [-0.15, -0.1) is 0 Å². The first-order valence-electron chi connectivity index (χ1n) is 10.4. The van der Waals surface area contributed by atoms with Gasteiger partial charge in [0.25, 0.3) is 5.91 Å². The third-order valence-electron chi connectivity index (χ3n) is 4.41. The lowest BCUT2D eigenvalue weighted by Gasteiger charge is -2.10. The number of amides is 2. The van der Waals surface area contributed by atoms with E-state index in [1.807, 2.05) is 62.4 Å². The summed E-state index contributed by atoms with van der Waals surface area (Å²) in [7, 11) is 0. The highest BCUT2D eigenvalue weighted by atomic mass is 16.5. The number of rotatable bonds is 11. The number of hydrazine groups is 1. The molecule has 0 fully saturated rings. The molecule has 7 heteroatoms. The van der Waals surface area contributed by atoms with Crippen LogP contribution in [-0.4, -0.2) is 31.0 Å². The molecule has 0 aliphatic carbocycles. The van der Waals surface area contributed by atoms with E-state index in [1.165, 1.54) is 5.56 Å². The van der Waals surface area contributed by atoms with E-state index in [1.54, 1.807) is 0 Å². The van der Waals surface area contributed by atoms with Crippen LogP contribution in [0.1, 0.15) is 42.4 Å². The van der Waals surface area contributed by atoms with E-state index >= 15 is 0 Å². The predicted octanol–water partition coefficient (Wildman–Crippen LogP) is 3.18. The van der Waals surface area contributed by atoms with Gasteiger partial charge in [-0.25, -0.2) is 0 Å². The Labute approximate surface area is 183 Å². The predicted molar refractivity (Wildman–Crippen MR) is 117 cm³/mol. The second-order valence-corrected chi connectivity index (χ2v) is 7.37. The fourth-order valence-corrected chi connectivity index (χ4v) is 2.98. The van der Waals surface area contributed by atoms with Gasteiger partial charge < -0.3 is 9.47 Å². The van der Waals surface area contributed by atoms with Gasteiger partial charge in [-0.05, 0) is 61.9 Å². The molecule has 0 aliphatic heterocycles. The maximum atomic E-state index is 11.8. The third kappa shape index (κ3) is 10.3. The third-order valence-corrected chi connectivity index (χ3v) is 4.41. The first-order valence-corrected chi connectivity index (χ1v) is 10.4. The average Bonchev–Trinajstić information content (AvgIpc) is 2.74. The van der Waals surface area contributed by atoms with E-state index in [0.29, 0.717) is 18.8 Å². The van der Waals surface area contributed by atoms with Crippen LogP contribution < -0.4 is 15.6 Å². The molecule has 0 aromatic heterocycles. The lowest BCUT2D eigenvalue weighted by Crippen LogP contribution is -2.43. The second-order valence-electron chi connectivity index (χ2n) is 7.37. The monoisotopic (exact) mass is 426 g/mol. The summed E-state index contributed by atoms with van der Waals surface area (Å²) >= 11 is 0. The van der Waals surface area contributed by atoms with Gasteiger partial charge >= 0.3 is 5.97 Å². The lowest BCUT2D eigenvalue weighted by molar-refractivity contribution is -0.144. The van der Waals surface area contributed by atoms with Gasteiger partial charge in [0.05, 0.1) is 6.61 Å². The highest BCUT2D eigenvalue weighted by Crippen LogP contribution is 2.15. The largest absolute Gasteiger partial charge is 0.484 e. The van der Waals surface area contributed by atoms with Crippen LogP contribution in [0, 0.1) is 13.8 Å². The standard InChI is InChI=1S/C24H30N2O5/c1-18-14-19(2)16-21(15-18)31-17-23(28)26-25-22(27)11-6-12-24(29)30-13-7-10-20-8-4-3-5-9-20/h3-5,8-9,14-16H,6-7,10-13,17H2,1-2H3,(H,25,27)(H,26,28). The highest BCUT2D eigenvalue weighted by molar-refractivity contribution is 5.83. The molecule has 0 heterocycles. The van der Waals surface area contributed by atoms with Crippen molar-refractivity contribution in [1.82, 2.24) is 10.9 Å². The van der Waals surface area contributed by atoms with E-state index in [0.717, 1.165) is 24.0 Å². The molecule has 2 rings (SSSR count). The Balaban J connectivity index is 1.51.